The molecule has 0 amide bonds. The molecule has 0 bridgehead atoms. The van der Waals surface area contributed by atoms with Crippen molar-refractivity contribution in [1.82, 2.24) is 0 Å². The van der Waals surface area contributed by atoms with Gasteiger partial charge >= 0.3 is 0 Å². The Morgan fingerprint density at radius 3 is 2.21 bits per heavy atom. The first-order valence-corrected chi connectivity index (χ1v) is 8.22. The number of nitrogens with zero attached hydrogens (tertiary/aromatic N) is 1. The monoisotopic (exact) mass is 313 g/mol. The predicted octanol–water partition coefficient (Wildman–Crippen LogP) is 6.13. The molecular weight excluding hydrogens is 290 g/mol. The highest BCUT2D eigenvalue weighted by Crippen LogP contribution is 2.41. The van der Waals surface area contributed by atoms with Gasteiger partial charge in [-0.25, -0.2) is 0 Å². The third kappa shape index (κ3) is 2.67. The molecule has 0 saturated heterocycles. The van der Waals surface area contributed by atoms with E-state index in [1.165, 1.54) is 22.3 Å². The molecule has 0 saturated carbocycles. The maximum absolute atomic E-state index is 4.74. The van der Waals surface area contributed by atoms with E-state index in [0.29, 0.717) is 0 Å². The Balaban J connectivity index is 2.33. The number of hydrogen-bond acceptors (Lipinski definition) is 1. The van der Waals surface area contributed by atoms with E-state index in [1.54, 1.807) is 0 Å². The van der Waals surface area contributed by atoms with Gasteiger partial charge in [-0.2, -0.15) is 0 Å². The van der Waals surface area contributed by atoms with Crippen molar-refractivity contribution in [3.05, 3.63) is 94.7 Å². The molecule has 0 fully saturated rings. The average Bonchev–Trinajstić information content (AvgIpc) is 2.53. The van der Waals surface area contributed by atoms with Crippen LogP contribution in [0.1, 0.15) is 41.7 Å². The van der Waals surface area contributed by atoms with E-state index in [9.17, 15) is 0 Å². The SMILES string of the molecule is C=C(C)N=C1C(C)=C(c2ccc(C)cc2C)C(=C)c2ccccc21. The first-order chi connectivity index (χ1) is 11.4. The summed E-state index contributed by atoms with van der Waals surface area (Å²) in [5.74, 6) is 0. The Bertz CT molecular complexity index is 923. The summed E-state index contributed by atoms with van der Waals surface area (Å²) in [6.07, 6.45) is 0. The van der Waals surface area contributed by atoms with E-state index < -0.39 is 0 Å². The van der Waals surface area contributed by atoms with Crippen molar-refractivity contribution < 1.29 is 0 Å². The molecule has 0 unspecified atom stereocenters. The van der Waals surface area contributed by atoms with E-state index >= 15 is 0 Å². The second-order valence-corrected chi connectivity index (χ2v) is 6.54. The van der Waals surface area contributed by atoms with Crippen LogP contribution in [0.5, 0.6) is 0 Å². The molecule has 1 nitrogen and oxygen atoms in total. The van der Waals surface area contributed by atoms with Crippen LogP contribution < -0.4 is 0 Å². The van der Waals surface area contributed by atoms with Crippen molar-refractivity contribution in [3.8, 4) is 0 Å². The molecule has 1 aliphatic rings. The Kier molecular flexibility index (Phi) is 4.11. The molecule has 0 radical (unpaired) electrons. The topological polar surface area (TPSA) is 12.4 Å². The summed E-state index contributed by atoms with van der Waals surface area (Å²) in [4.78, 5) is 4.74. The highest BCUT2D eigenvalue weighted by molar-refractivity contribution is 6.28. The predicted molar refractivity (Wildman–Crippen MR) is 105 cm³/mol. The summed E-state index contributed by atoms with van der Waals surface area (Å²) >= 11 is 0. The van der Waals surface area contributed by atoms with Gasteiger partial charge < -0.3 is 0 Å². The summed E-state index contributed by atoms with van der Waals surface area (Å²) < 4.78 is 0. The molecule has 120 valence electrons. The van der Waals surface area contributed by atoms with Gasteiger partial charge in [-0.15, -0.1) is 0 Å². The van der Waals surface area contributed by atoms with Crippen LogP contribution in [0, 0.1) is 13.8 Å². The van der Waals surface area contributed by atoms with Crippen LogP contribution in [0.4, 0.5) is 0 Å². The zero-order valence-corrected chi connectivity index (χ0v) is 14.9. The van der Waals surface area contributed by atoms with Gasteiger partial charge in [0.15, 0.2) is 0 Å². The van der Waals surface area contributed by atoms with Crippen LogP contribution >= 0.6 is 0 Å². The molecule has 3 rings (SSSR count). The van der Waals surface area contributed by atoms with Crippen molar-refractivity contribution in [2.75, 3.05) is 0 Å². The molecule has 1 heteroatoms. The van der Waals surface area contributed by atoms with Gasteiger partial charge in [-0.3, -0.25) is 4.99 Å². The number of rotatable bonds is 2. The minimum Gasteiger partial charge on any atom is -0.253 e. The highest BCUT2D eigenvalue weighted by Gasteiger charge is 2.25. The Morgan fingerprint density at radius 2 is 1.58 bits per heavy atom. The fourth-order valence-electron chi connectivity index (χ4n) is 3.43. The normalized spacial score (nSPS) is 15.7. The van der Waals surface area contributed by atoms with Crippen molar-refractivity contribution in [2.45, 2.75) is 27.7 Å². The quantitative estimate of drug-likeness (QED) is 0.632. The fourth-order valence-corrected chi connectivity index (χ4v) is 3.43. The van der Waals surface area contributed by atoms with Crippen LogP contribution in [0.25, 0.3) is 11.1 Å². The lowest BCUT2D eigenvalue weighted by molar-refractivity contribution is 1.30. The van der Waals surface area contributed by atoms with Gasteiger partial charge in [0.25, 0.3) is 0 Å². The zero-order valence-electron chi connectivity index (χ0n) is 14.9. The molecule has 2 aromatic rings. The van der Waals surface area contributed by atoms with E-state index in [2.05, 4.69) is 76.4 Å². The lowest BCUT2D eigenvalue weighted by Crippen LogP contribution is -2.15. The van der Waals surface area contributed by atoms with E-state index in [0.717, 1.165) is 33.7 Å². The van der Waals surface area contributed by atoms with Gasteiger partial charge in [0, 0.05) is 11.3 Å². The zero-order chi connectivity index (χ0) is 17.4. The first kappa shape index (κ1) is 16.2. The Morgan fingerprint density at radius 1 is 0.917 bits per heavy atom. The minimum absolute atomic E-state index is 0.812. The van der Waals surface area contributed by atoms with Crippen LogP contribution in [0.3, 0.4) is 0 Å². The number of allylic oxidation sites excluding steroid dienone is 4. The number of aryl methyl sites for hydroxylation is 2. The van der Waals surface area contributed by atoms with Crippen molar-refractivity contribution in [1.29, 1.82) is 0 Å². The van der Waals surface area contributed by atoms with Crippen LogP contribution in [0.2, 0.25) is 0 Å². The number of hydrogen-bond donors (Lipinski definition) is 0. The number of benzene rings is 2. The summed E-state index contributed by atoms with van der Waals surface area (Å²) in [7, 11) is 0. The van der Waals surface area contributed by atoms with Gasteiger partial charge in [-0.05, 0) is 61.1 Å². The molecule has 0 atom stereocenters. The van der Waals surface area contributed by atoms with Crippen molar-refractivity contribution in [2.24, 2.45) is 4.99 Å². The van der Waals surface area contributed by atoms with Gasteiger partial charge in [0.2, 0.25) is 0 Å². The molecule has 0 aromatic heterocycles. The maximum atomic E-state index is 4.74. The smallest absolute Gasteiger partial charge is 0.0746 e. The van der Waals surface area contributed by atoms with E-state index in [4.69, 9.17) is 4.99 Å². The second kappa shape index (κ2) is 6.09. The van der Waals surface area contributed by atoms with E-state index in [-0.39, 0.29) is 0 Å². The van der Waals surface area contributed by atoms with Crippen LogP contribution in [-0.4, -0.2) is 5.71 Å². The highest BCUT2D eigenvalue weighted by atomic mass is 14.8. The van der Waals surface area contributed by atoms with Gasteiger partial charge in [0.1, 0.15) is 0 Å². The van der Waals surface area contributed by atoms with E-state index in [1.807, 2.05) is 6.92 Å². The minimum atomic E-state index is 0.812. The van der Waals surface area contributed by atoms with Crippen LogP contribution in [0.15, 0.2) is 71.9 Å². The number of aliphatic imine (C=N–C) groups is 1. The fraction of sp³-hybridized carbons (Fsp3) is 0.174. The molecule has 1 aliphatic carbocycles. The third-order valence-corrected chi connectivity index (χ3v) is 4.49. The third-order valence-electron chi connectivity index (χ3n) is 4.49. The van der Waals surface area contributed by atoms with Crippen molar-refractivity contribution in [3.63, 3.8) is 0 Å². The summed E-state index contributed by atoms with van der Waals surface area (Å²) in [5, 5.41) is 0. The molecule has 24 heavy (non-hydrogen) atoms. The lowest BCUT2D eigenvalue weighted by Gasteiger charge is -2.26. The average molecular weight is 313 g/mol. The van der Waals surface area contributed by atoms with Crippen LogP contribution in [-0.2, 0) is 0 Å². The summed E-state index contributed by atoms with van der Waals surface area (Å²) in [6, 6.07) is 14.9. The molecule has 0 heterocycles. The van der Waals surface area contributed by atoms with Crippen molar-refractivity contribution >= 4 is 16.9 Å². The lowest BCUT2D eigenvalue weighted by atomic mass is 9.78. The molecule has 0 spiro atoms. The first-order valence-electron chi connectivity index (χ1n) is 8.22. The van der Waals surface area contributed by atoms with Gasteiger partial charge in [-0.1, -0.05) is 61.2 Å². The summed E-state index contributed by atoms with van der Waals surface area (Å²) in [6.45, 7) is 16.7. The van der Waals surface area contributed by atoms with Gasteiger partial charge in [0.05, 0.1) is 5.71 Å². The molecule has 0 N–H and O–H groups in total. The molecular formula is C23H23N. The Hall–Kier alpha value is -2.67. The number of fused-ring (bicyclic) bond motifs is 1. The summed E-state index contributed by atoms with van der Waals surface area (Å²) in [5.41, 5.74) is 11.3. The second-order valence-electron chi connectivity index (χ2n) is 6.54. The molecule has 2 aromatic carbocycles. The standard InChI is InChI=1S/C23H23N/c1-14(2)24-23-18(6)22(19-12-11-15(3)13-16(19)4)17(5)20-9-7-8-10-21(20)23/h7-13H,1,5H2,2-4,6H3. The maximum Gasteiger partial charge on any atom is 0.0746 e. The molecule has 0 aliphatic heterocycles. The largest absolute Gasteiger partial charge is 0.253 e. The Labute approximate surface area is 144 Å².